The first-order chi connectivity index (χ1) is 7.57. The molecule has 0 aliphatic rings. The summed E-state index contributed by atoms with van der Waals surface area (Å²) >= 11 is 0. The summed E-state index contributed by atoms with van der Waals surface area (Å²) in [5, 5.41) is 0. The minimum atomic E-state index is -0.0966. The third-order valence-corrected chi connectivity index (χ3v) is 3.14. The number of primary amides is 1. The highest BCUT2D eigenvalue weighted by atomic mass is 16.1. The van der Waals surface area contributed by atoms with Gasteiger partial charge in [0.15, 0.2) is 0 Å². The number of hydrogen-bond acceptors (Lipinski definition) is 1. The summed E-state index contributed by atoms with van der Waals surface area (Å²) in [6.45, 7) is 6.67. The number of nitrogens with two attached hydrogens (primary N) is 1. The molecule has 0 rings (SSSR count). The molecule has 16 heavy (non-hydrogen) atoms. The van der Waals surface area contributed by atoms with Crippen molar-refractivity contribution in [3.05, 3.63) is 0 Å². The lowest BCUT2D eigenvalue weighted by Gasteiger charge is -2.13. The van der Waals surface area contributed by atoms with Crippen LogP contribution in [0.15, 0.2) is 0 Å². The number of amides is 1. The Morgan fingerprint density at radius 2 is 1.50 bits per heavy atom. The first-order valence-electron chi connectivity index (χ1n) is 6.87. The molecule has 0 heterocycles. The zero-order chi connectivity index (χ0) is 12.4. The molecule has 0 radical (unpaired) electrons. The van der Waals surface area contributed by atoms with E-state index >= 15 is 0 Å². The Morgan fingerprint density at radius 3 is 1.94 bits per heavy atom. The first-order valence-corrected chi connectivity index (χ1v) is 6.87. The average molecular weight is 227 g/mol. The molecule has 0 aliphatic heterocycles. The maximum absolute atomic E-state index is 11.2. The predicted octanol–water partition coefficient (Wildman–Crippen LogP) is 3.88. The molecule has 2 N–H and O–H groups in total. The highest BCUT2D eigenvalue weighted by Gasteiger charge is 2.14. The zero-order valence-electron chi connectivity index (χ0n) is 11.3. The van der Waals surface area contributed by atoms with E-state index in [-0.39, 0.29) is 11.8 Å². The Morgan fingerprint density at radius 1 is 1.00 bits per heavy atom. The predicted molar refractivity (Wildman–Crippen MR) is 70.1 cm³/mol. The first kappa shape index (κ1) is 15.5. The van der Waals surface area contributed by atoms with Crippen LogP contribution in [-0.4, -0.2) is 5.91 Å². The van der Waals surface area contributed by atoms with Gasteiger partial charge in [0.05, 0.1) is 0 Å². The normalized spacial score (nSPS) is 13.0. The van der Waals surface area contributed by atoms with E-state index in [1.165, 1.54) is 25.7 Å². The van der Waals surface area contributed by atoms with Crippen LogP contribution in [0, 0.1) is 11.8 Å². The van der Waals surface area contributed by atoms with Crippen LogP contribution in [0.3, 0.4) is 0 Å². The van der Waals surface area contributed by atoms with Gasteiger partial charge in [-0.15, -0.1) is 0 Å². The van der Waals surface area contributed by atoms with E-state index in [9.17, 15) is 4.79 Å². The van der Waals surface area contributed by atoms with Gasteiger partial charge in [-0.2, -0.15) is 0 Å². The fraction of sp³-hybridized carbons (Fsp3) is 0.929. The van der Waals surface area contributed by atoms with Gasteiger partial charge >= 0.3 is 0 Å². The van der Waals surface area contributed by atoms with E-state index in [4.69, 9.17) is 5.73 Å². The molecule has 1 amide bonds. The zero-order valence-corrected chi connectivity index (χ0v) is 11.3. The number of carbonyl (C=O) groups is 1. The quantitative estimate of drug-likeness (QED) is 0.565. The highest BCUT2D eigenvalue weighted by molar-refractivity contribution is 5.76. The second kappa shape index (κ2) is 9.68. The monoisotopic (exact) mass is 227 g/mol. The maximum atomic E-state index is 11.2. The molecular formula is C14H29NO. The Bertz CT molecular complexity index is 178. The molecule has 0 spiro atoms. The van der Waals surface area contributed by atoms with Crippen LogP contribution in [0.1, 0.15) is 72.1 Å². The molecule has 0 aliphatic carbocycles. The molecular weight excluding hydrogens is 198 g/mol. The number of carbonyl (C=O) groups excluding carboxylic acids is 1. The van der Waals surface area contributed by atoms with Crippen LogP contribution in [0.25, 0.3) is 0 Å². The summed E-state index contributed by atoms with van der Waals surface area (Å²) in [7, 11) is 0. The minimum absolute atomic E-state index is 0.0966. The molecule has 0 aromatic rings. The van der Waals surface area contributed by atoms with Crippen LogP contribution in [0.5, 0.6) is 0 Å². The van der Waals surface area contributed by atoms with E-state index in [2.05, 4.69) is 20.8 Å². The lowest BCUT2D eigenvalue weighted by molar-refractivity contribution is -0.122. The van der Waals surface area contributed by atoms with E-state index < -0.39 is 0 Å². The molecule has 96 valence electrons. The number of hydrogen-bond donors (Lipinski definition) is 1. The lowest BCUT2D eigenvalue weighted by Crippen LogP contribution is -2.23. The number of unbranched alkanes of at least 4 members (excludes halogenated alkanes) is 3. The highest BCUT2D eigenvalue weighted by Crippen LogP contribution is 2.18. The molecule has 1 unspecified atom stereocenters. The van der Waals surface area contributed by atoms with E-state index in [1.807, 2.05) is 0 Å². The molecule has 0 saturated carbocycles. The number of rotatable bonds is 10. The van der Waals surface area contributed by atoms with Crippen molar-refractivity contribution in [1.29, 1.82) is 0 Å². The summed E-state index contributed by atoms with van der Waals surface area (Å²) in [5.41, 5.74) is 5.42. The van der Waals surface area contributed by atoms with E-state index in [0.717, 1.165) is 31.6 Å². The van der Waals surface area contributed by atoms with Gasteiger partial charge in [-0.3, -0.25) is 4.79 Å². The summed E-state index contributed by atoms with van der Waals surface area (Å²) in [4.78, 5) is 11.2. The van der Waals surface area contributed by atoms with E-state index in [1.54, 1.807) is 0 Å². The molecule has 0 saturated heterocycles. The molecule has 2 heteroatoms. The Balaban J connectivity index is 3.64. The van der Waals surface area contributed by atoms with Crippen LogP contribution < -0.4 is 5.73 Å². The van der Waals surface area contributed by atoms with Gasteiger partial charge in [-0.1, -0.05) is 59.3 Å². The lowest BCUT2D eigenvalue weighted by atomic mass is 9.93. The summed E-state index contributed by atoms with van der Waals surface area (Å²) in [6, 6.07) is 0. The Hall–Kier alpha value is -0.530. The van der Waals surface area contributed by atoms with Crippen LogP contribution >= 0.6 is 0 Å². The topological polar surface area (TPSA) is 43.1 Å². The van der Waals surface area contributed by atoms with Crippen molar-refractivity contribution in [2.75, 3.05) is 0 Å². The van der Waals surface area contributed by atoms with Gasteiger partial charge in [-0.25, -0.2) is 0 Å². The van der Waals surface area contributed by atoms with Crippen molar-refractivity contribution in [1.82, 2.24) is 0 Å². The maximum Gasteiger partial charge on any atom is 0.220 e. The van der Waals surface area contributed by atoms with Gasteiger partial charge < -0.3 is 5.73 Å². The standard InChI is InChI=1S/C14H29NO/c1-4-5-6-10-13(14(15)16)11-8-7-9-12(2)3/h12-13H,4-11H2,1-3H3,(H2,15,16). The van der Waals surface area contributed by atoms with Crippen molar-refractivity contribution >= 4 is 5.91 Å². The molecule has 2 nitrogen and oxygen atoms in total. The van der Waals surface area contributed by atoms with Crippen molar-refractivity contribution in [3.8, 4) is 0 Å². The van der Waals surface area contributed by atoms with Crippen molar-refractivity contribution < 1.29 is 4.79 Å². The minimum Gasteiger partial charge on any atom is -0.369 e. The van der Waals surface area contributed by atoms with Gasteiger partial charge in [0, 0.05) is 5.92 Å². The fourth-order valence-corrected chi connectivity index (χ4v) is 2.01. The Kier molecular flexibility index (Phi) is 9.36. The molecule has 0 fully saturated rings. The smallest absolute Gasteiger partial charge is 0.220 e. The van der Waals surface area contributed by atoms with Gasteiger partial charge in [0.1, 0.15) is 0 Å². The van der Waals surface area contributed by atoms with Crippen molar-refractivity contribution in [2.24, 2.45) is 17.6 Å². The second-order valence-electron chi connectivity index (χ2n) is 5.27. The second-order valence-corrected chi connectivity index (χ2v) is 5.27. The fourth-order valence-electron chi connectivity index (χ4n) is 2.01. The third kappa shape index (κ3) is 8.75. The van der Waals surface area contributed by atoms with Crippen molar-refractivity contribution in [3.63, 3.8) is 0 Å². The van der Waals surface area contributed by atoms with Crippen molar-refractivity contribution in [2.45, 2.75) is 72.1 Å². The SMILES string of the molecule is CCCCCC(CCCCC(C)C)C(N)=O. The molecule has 0 aromatic carbocycles. The average Bonchev–Trinajstić information content (AvgIpc) is 2.21. The third-order valence-electron chi connectivity index (χ3n) is 3.14. The molecule has 0 bridgehead atoms. The summed E-state index contributed by atoms with van der Waals surface area (Å²) in [5.74, 6) is 0.798. The largest absolute Gasteiger partial charge is 0.369 e. The van der Waals surface area contributed by atoms with Gasteiger partial charge in [0.2, 0.25) is 5.91 Å². The summed E-state index contributed by atoms with van der Waals surface area (Å²) in [6.07, 6.45) is 9.20. The van der Waals surface area contributed by atoms with Crippen LogP contribution in [0.2, 0.25) is 0 Å². The molecule has 1 atom stereocenters. The van der Waals surface area contributed by atoms with Crippen LogP contribution in [0.4, 0.5) is 0 Å². The summed E-state index contributed by atoms with van der Waals surface area (Å²) < 4.78 is 0. The van der Waals surface area contributed by atoms with Gasteiger partial charge in [-0.05, 0) is 18.8 Å². The van der Waals surface area contributed by atoms with E-state index in [0.29, 0.717) is 0 Å². The van der Waals surface area contributed by atoms with Gasteiger partial charge in [0.25, 0.3) is 0 Å². The Labute approximate surface area is 101 Å². The van der Waals surface area contributed by atoms with Crippen LogP contribution in [-0.2, 0) is 4.79 Å². The molecule has 0 aromatic heterocycles.